The molecule has 0 aliphatic heterocycles. The van der Waals surface area contributed by atoms with Crippen LogP contribution in [0.2, 0.25) is 58.4 Å². The summed E-state index contributed by atoms with van der Waals surface area (Å²) in [7, 11) is -9.09. The monoisotopic (exact) mass is 398 g/mol. The average Bonchev–Trinajstić information content (AvgIpc) is 2.20. The first-order chi connectivity index (χ1) is 10.2. The van der Waals surface area contributed by atoms with Crippen LogP contribution in [-0.4, -0.2) is 58.4 Å². The third-order valence-corrected chi connectivity index (χ3v) is 15.9. The maximum atomic E-state index is 10.1. The molecule has 0 amide bonds. The molecule has 4 N–H and O–H groups in total. The summed E-state index contributed by atoms with van der Waals surface area (Å²) in [5, 5.41) is 3.32. The van der Waals surface area contributed by atoms with E-state index in [1.807, 2.05) is 13.1 Å². The van der Waals surface area contributed by atoms with Crippen LogP contribution in [0, 0.1) is 0 Å². The number of hydrogen-bond donors (Lipinski definition) is 3. The van der Waals surface area contributed by atoms with Gasteiger partial charge in [0, 0.05) is 13.1 Å². The molecular weight excluding hydrogens is 360 g/mol. The van der Waals surface area contributed by atoms with Crippen molar-refractivity contribution in [2.24, 2.45) is 5.73 Å². The normalized spacial score (nSPS) is 16.4. The van der Waals surface area contributed by atoms with Crippen molar-refractivity contribution in [1.29, 1.82) is 0 Å². The predicted octanol–water partition coefficient (Wildman–Crippen LogP) is 2.28. The van der Waals surface area contributed by atoms with E-state index in [4.69, 9.17) is 18.1 Å². The summed E-state index contributed by atoms with van der Waals surface area (Å²) in [4.78, 5) is 10.1. The van der Waals surface area contributed by atoms with Crippen LogP contribution in [-0.2, 0) is 12.3 Å². The summed E-state index contributed by atoms with van der Waals surface area (Å²) in [5.41, 5.74) is 5.49. The zero-order valence-corrected chi connectivity index (χ0v) is 20.3. The van der Waals surface area contributed by atoms with Crippen LogP contribution in [0.15, 0.2) is 0 Å². The van der Waals surface area contributed by atoms with E-state index in [-0.39, 0.29) is 0 Å². The maximum absolute atomic E-state index is 10.1. The summed E-state index contributed by atoms with van der Waals surface area (Å²) in [6.45, 7) is 18.7. The van der Waals surface area contributed by atoms with Crippen molar-refractivity contribution in [3.63, 3.8) is 0 Å². The fourth-order valence-corrected chi connectivity index (χ4v) is 19.5. The van der Waals surface area contributed by atoms with Crippen molar-refractivity contribution >= 4 is 34.0 Å². The van der Waals surface area contributed by atoms with Gasteiger partial charge in [0.1, 0.15) is 0 Å². The Morgan fingerprint density at radius 3 is 1.87 bits per heavy atom. The van der Waals surface area contributed by atoms with E-state index in [0.717, 1.165) is 25.6 Å². The summed E-state index contributed by atoms with van der Waals surface area (Å²) in [6, 6.07) is 0.919. The van der Waals surface area contributed by atoms with Crippen LogP contribution in [0.25, 0.3) is 0 Å². The van der Waals surface area contributed by atoms with Crippen LogP contribution in [0.4, 0.5) is 0 Å². The van der Waals surface area contributed by atoms with E-state index in [0.29, 0.717) is 6.54 Å². The minimum Gasteiger partial charge on any atom is -0.437 e. The highest BCUT2D eigenvalue weighted by Crippen LogP contribution is 2.27. The number of nitrogens with one attached hydrogen (secondary N) is 1. The van der Waals surface area contributed by atoms with Crippen LogP contribution in [0.1, 0.15) is 6.42 Å². The quantitative estimate of drug-likeness (QED) is 0.345. The van der Waals surface area contributed by atoms with Gasteiger partial charge in [-0.1, -0.05) is 0 Å². The Balaban J connectivity index is 4.84. The molecule has 1 unspecified atom stereocenters. The van der Waals surface area contributed by atoms with Crippen molar-refractivity contribution < 1.29 is 17.1 Å². The van der Waals surface area contributed by atoms with Crippen LogP contribution < -0.4 is 11.1 Å². The lowest BCUT2D eigenvalue weighted by molar-refractivity contribution is 0.291. The molecular formula is C13H38N2O4Si4. The molecule has 0 aromatic carbocycles. The number of nitrogens with two attached hydrogens (primary N) is 1. The Bertz CT molecular complexity index is 348. The third kappa shape index (κ3) is 13.6. The van der Waals surface area contributed by atoms with Crippen molar-refractivity contribution in [1.82, 2.24) is 5.32 Å². The van der Waals surface area contributed by atoms with Gasteiger partial charge < -0.3 is 28.2 Å². The smallest absolute Gasteiger partial charge is 0.320 e. The minimum absolute atomic E-state index is 0.653. The molecule has 0 rings (SSSR count). The second-order valence-electron chi connectivity index (χ2n) is 8.04. The van der Waals surface area contributed by atoms with Gasteiger partial charge in [-0.2, -0.15) is 0 Å². The predicted molar refractivity (Wildman–Crippen MR) is 107 cm³/mol. The van der Waals surface area contributed by atoms with Gasteiger partial charge >= 0.3 is 25.7 Å². The molecule has 0 heterocycles. The molecule has 0 saturated heterocycles. The number of rotatable bonds is 12. The second kappa shape index (κ2) is 9.36. The van der Waals surface area contributed by atoms with E-state index in [2.05, 4.69) is 31.5 Å². The molecule has 1 atom stereocenters. The zero-order chi connectivity index (χ0) is 18.4. The fraction of sp³-hybridized carbons (Fsp3) is 1.00. The zero-order valence-electron chi connectivity index (χ0n) is 16.3. The lowest BCUT2D eigenvalue weighted by atomic mass is 10.5. The van der Waals surface area contributed by atoms with Crippen molar-refractivity contribution in [2.75, 3.05) is 19.6 Å². The van der Waals surface area contributed by atoms with Crippen LogP contribution >= 0.6 is 0 Å². The first-order valence-corrected chi connectivity index (χ1v) is 20.0. The maximum Gasteiger partial charge on any atom is 0.320 e. The van der Waals surface area contributed by atoms with Crippen LogP contribution in [0.3, 0.4) is 0 Å². The van der Waals surface area contributed by atoms with Gasteiger partial charge in [0.25, 0.3) is 0 Å². The molecule has 140 valence electrons. The van der Waals surface area contributed by atoms with Crippen LogP contribution in [0.5, 0.6) is 0 Å². The molecule has 0 aliphatic carbocycles. The lowest BCUT2D eigenvalue weighted by Crippen LogP contribution is -2.57. The first-order valence-electron chi connectivity index (χ1n) is 8.42. The van der Waals surface area contributed by atoms with Gasteiger partial charge in [-0.05, 0) is 71.4 Å². The summed E-state index contributed by atoms with van der Waals surface area (Å²) in [5.74, 6) is 0. The van der Waals surface area contributed by atoms with Crippen molar-refractivity contribution in [3.8, 4) is 0 Å². The van der Waals surface area contributed by atoms with E-state index < -0.39 is 34.0 Å². The Morgan fingerprint density at radius 1 is 0.870 bits per heavy atom. The van der Waals surface area contributed by atoms with Gasteiger partial charge in [-0.25, -0.2) is 0 Å². The minimum atomic E-state index is -2.61. The van der Waals surface area contributed by atoms with Crippen molar-refractivity contribution in [3.05, 3.63) is 0 Å². The molecule has 10 heteroatoms. The topological polar surface area (TPSA) is 86.0 Å². The fourth-order valence-electron chi connectivity index (χ4n) is 2.67. The molecule has 0 aliphatic rings. The molecule has 0 aromatic heterocycles. The Hall–Kier alpha value is 0.628. The molecule has 0 saturated carbocycles. The highest BCUT2D eigenvalue weighted by Gasteiger charge is 2.44. The molecule has 6 nitrogen and oxygen atoms in total. The van der Waals surface area contributed by atoms with Gasteiger partial charge in [-0.15, -0.1) is 0 Å². The Morgan fingerprint density at radius 2 is 1.43 bits per heavy atom. The molecule has 0 fully saturated rings. The standard InChI is InChI=1S/C13H38N2O4Si4/c1-20(2,3)17-23(8,13-9-11-15-12-10-14)19-22(6,7)18-21(4,5)16/h15-16H,9-14H2,1-8H3. The van der Waals surface area contributed by atoms with Gasteiger partial charge in [0.2, 0.25) is 0 Å². The van der Waals surface area contributed by atoms with Gasteiger partial charge in [0.15, 0.2) is 8.32 Å². The average molecular weight is 399 g/mol. The lowest BCUT2D eigenvalue weighted by Gasteiger charge is -2.40. The van der Waals surface area contributed by atoms with Crippen molar-refractivity contribution in [2.45, 2.75) is 64.8 Å². The van der Waals surface area contributed by atoms with E-state index in [1.165, 1.54) is 0 Å². The first kappa shape index (κ1) is 23.6. The SMILES string of the molecule is C[Si](C)(C)O[Si](C)(CCCNCCN)O[Si](C)(C)O[Si](C)(C)O. The summed E-state index contributed by atoms with van der Waals surface area (Å²) in [6.07, 6.45) is 0.998. The van der Waals surface area contributed by atoms with E-state index >= 15 is 0 Å². The molecule has 0 radical (unpaired) electrons. The highest BCUT2D eigenvalue weighted by molar-refractivity contribution is 6.88. The summed E-state index contributed by atoms with van der Waals surface area (Å²) < 4.78 is 18.9. The molecule has 0 aromatic rings. The molecule has 0 spiro atoms. The second-order valence-corrected chi connectivity index (χ2v) is 23.2. The van der Waals surface area contributed by atoms with E-state index in [9.17, 15) is 4.80 Å². The Labute approximate surface area is 147 Å². The van der Waals surface area contributed by atoms with Gasteiger partial charge in [-0.3, -0.25) is 0 Å². The number of hydrogen-bond acceptors (Lipinski definition) is 6. The summed E-state index contributed by atoms with van der Waals surface area (Å²) >= 11 is 0. The third-order valence-electron chi connectivity index (χ3n) is 2.78. The van der Waals surface area contributed by atoms with E-state index in [1.54, 1.807) is 13.1 Å². The Kier molecular flexibility index (Phi) is 9.62. The van der Waals surface area contributed by atoms with Gasteiger partial charge in [0.05, 0.1) is 0 Å². The highest BCUT2D eigenvalue weighted by atomic mass is 28.5. The largest absolute Gasteiger partial charge is 0.437 e. The molecule has 0 bridgehead atoms. The molecule has 23 heavy (non-hydrogen) atoms.